The van der Waals surface area contributed by atoms with Gasteiger partial charge in [0, 0.05) is 6.42 Å². The Morgan fingerprint density at radius 3 is 2.10 bits per heavy atom. The largest absolute Gasteiger partial charge is 0.300 e. The average molecular weight is 142 g/mol. The minimum Gasteiger partial charge on any atom is -0.300 e. The molecular weight excluding hydrogens is 124 g/mol. The summed E-state index contributed by atoms with van der Waals surface area (Å²) in [6.07, 6.45) is 1.91. The highest BCUT2D eigenvalue weighted by Crippen LogP contribution is 2.14. The van der Waals surface area contributed by atoms with Crippen LogP contribution < -0.4 is 0 Å². The Morgan fingerprint density at radius 2 is 1.80 bits per heavy atom. The third kappa shape index (κ3) is 5.80. The van der Waals surface area contributed by atoms with E-state index in [9.17, 15) is 4.79 Å². The first-order valence-electron chi connectivity index (χ1n) is 4.01. The Morgan fingerprint density at radius 1 is 1.30 bits per heavy atom. The van der Waals surface area contributed by atoms with E-state index in [1.165, 1.54) is 6.42 Å². The van der Waals surface area contributed by atoms with E-state index in [-0.39, 0.29) is 0 Å². The molecule has 0 aromatic heterocycles. The first kappa shape index (κ1) is 9.67. The van der Waals surface area contributed by atoms with Crippen molar-refractivity contribution in [3.8, 4) is 0 Å². The van der Waals surface area contributed by atoms with Gasteiger partial charge in [-0.3, -0.25) is 0 Å². The Kier molecular flexibility index (Phi) is 4.33. The van der Waals surface area contributed by atoms with E-state index in [0.717, 1.165) is 6.42 Å². The van der Waals surface area contributed by atoms with Gasteiger partial charge in [-0.05, 0) is 25.2 Å². The summed E-state index contributed by atoms with van der Waals surface area (Å²) in [5.74, 6) is 1.60. The number of hydrogen-bond acceptors (Lipinski definition) is 1. The molecule has 0 aromatic rings. The van der Waals surface area contributed by atoms with Gasteiger partial charge in [0.05, 0.1) is 0 Å². The molecule has 1 nitrogen and oxygen atoms in total. The molecule has 60 valence electrons. The summed E-state index contributed by atoms with van der Waals surface area (Å²) < 4.78 is 0. The van der Waals surface area contributed by atoms with Crippen LogP contribution in [-0.2, 0) is 4.79 Å². The predicted molar refractivity (Wildman–Crippen MR) is 43.9 cm³/mol. The van der Waals surface area contributed by atoms with Gasteiger partial charge >= 0.3 is 0 Å². The predicted octanol–water partition coefficient (Wildman–Crippen LogP) is 2.65. The van der Waals surface area contributed by atoms with Crippen LogP contribution in [0.3, 0.4) is 0 Å². The highest BCUT2D eigenvalue weighted by molar-refractivity contribution is 5.75. The molecule has 10 heavy (non-hydrogen) atoms. The highest BCUT2D eigenvalue weighted by Gasteiger charge is 2.06. The SMILES string of the molecule is CC(=O)CC(C)CC(C)C. The fourth-order valence-electron chi connectivity index (χ4n) is 1.38. The van der Waals surface area contributed by atoms with Crippen LogP contribution in [0.1, 0.15) is 40.5 Å². The molecule has 0 fully saturated rings. The first-order valence-corrected chi connectivity index (χ1v) is 4.01. The molecular formula is C9H18O. The van der Waals surface area contributed by atoms with Crippen molar-refractivity contribution in [3.63, 3.8) is 0 Å². The molecule has 0 aliphatic heterocycles. The molecule has 0 radical (unpaired) electrons. The van der Waals surface area contributed by atoms with E-state index in [2.05, 4.69) is 20.8 Å². The molecule has 0 rings (SSSR count). The fraction of sp³-hybridized carbons (Fsp3) is 0.889. The standard InChI is InChI=1S/C9H18O/c1-7(2)5-8(3)6-9(4)10/h7-8H,5-6H2,1-4H3. The normalized spacial score (nSPS) is 13.7. The summed E-state index contributed by atoms with van der Waals surface area (Å²) in [5, 5.41) is 0. The molecule has 0 spiro atoms. The zero-order chi connectivity index (χ0) is 8.15. The Hall–Kier alpha value is -0.330. The van der Waals surface area contributed by atoms with Crippen LogP contribution in [0.5, 0.6) is 0 Å². The number of carbonyl (C=O) groups is 1. The van der Waals surface area contributed by atoms with Gasteiger partial charge in [0.15, 0.2) is 0 Å². The summed E-state index contributed by atoms with van der Waals surface area (Å²) in [4.78, 5) is 10.6. The van der Waals surface area contributed by atoms with E-state index < -0.39 is 0 Å². The zero-order valence-electron chi connectivity index (χ0n) is 7.48. The molecule has 1 atom stereocenters. The number of rotatable bonds is 4. The van der Waals surface area contributed by atoms with Crippen LogP contribution in [0, 0.1) is 11.8 Å². The minimum atomic E-state index is 0.313. The Bertz CT molecular complexity index is 105. The summed E-state index contributed by atoms with van der Waals surface area (Å²) in [7, 11) is 0. The van der Waals surface area contributed by atoms with Crippen LogP contribution in [-0.4, -0.2) is 5.78 Å². The number of carbonyl (C=O) groups excluding carboxylic acids is 1. The van der Waals surface area contributed by atoms with Crippen LogP contribution in [0.4, 0.5) is 0 Å². The van der Waals surface area contributed by atoms with Crippen molar-refractivity contribution in [3.05, 3.63) is 0 Å². The van der Waals surface area contributed by atoms with Crippen molar-refractivity contribution in [2.24, 2.45) is 11.8 Å². The summed E-state index contributed by atoms with van der Waals surface area (Å²) in [6, 6.07) is 0. The minimum absolute atomic E-state index is 0.313. The molecule has 0 N–H and O–H groups in total. The maximum atomic E-state index is 10.6. The lowest BCUT2D eigenvalue weighted by molar-refractivity contribution is -0.117. The van der Waals surface area contributed by atoms with Crippen molar-refractivity contribution in [2.75, 3.05) is 0 Å². The quantitative estimate of drug-likeness (QED) is 0.589. The van der Waals surface area contributed by atoms with Crippen molar-refractivity contribution in [2.45, 2.75) is 40.5 Å². The van der Waals surface area contributed by atoms with Crippen LogP contribution in [0.25, 0.3) is 0 Å². The lowest BCUT2D eigenvalue weighted by Crippen LogP contribution is -2.04. The van der Waals surface area contributed by atoms with Crippen molar-refractivity contribution in [1.29, 1.82) is 0 Å². The second kappa shape index (κ2) is 4.48. The van der Waals surface area contributed by atoms with Crippen molar-refractivity contribution >= 4 is 5.78 Å². The van der Waals surface area contributed by atoms with Gasteiger partial charge in [0.25, 0.3) is 0 Å². The Labute approximate surface area is 63.8 Å². The van der Waals surface area contributed by atoms with Crippen molar-refractivity contribution in [1.82, 2.24) is 0 Å². The summed E-state index contributed by atoms with van der Waals surface area (Å²) in [5.41, 5.74) is 0. The third-order valence-electron chi connectivity index (χ3n) is 1.51. The second-order valence-corrected chi connectivity index (χ2v) is 3.64. The number of ketones is 1. The van der Waals surface area contributed by atoms with E-state index in [0.29, 0.717) is 17.6 Å². The van der Waals surface area contributed by atoms with Crippen molar-refractivity contribution < 1.29 is 4.79 Å². The van der Waals surface area contributed by atoms with E-state index in [1.54, 1.807) is 6.92 Å². The second-order valence-electron chi connectivity index (χ2n) is 3.64. The lowest BCUT2D eigenvalue weighted by Gasteiger charge is -2.10. The molecule has 0 aromatic carbocycles. The van der Waals surface area contributed by atoms with Gasteiger partial charge in [-0.2, -0.15) is 0 Å². The monoisotopic (exact) mass is 142 g/mol. The molecule has 1 unspecified atom stereocenters. The number of Topliss-reactive ketones (excluding diaryl/α,β-unsaturated/α-hetero) is 1. The average Bonchev–Trinajstić information content (AvgIpc) is 1.58. The van der Waals surface area contributed by atoms with Crippen LogP contribution >= 0.6 is 0 Å². The first-order chi connectivity index (χ1) is 4.52. The highest BCUT2D eigenvalue weighted by atomic mass is 16.1. The molecule has 0 bridgehead atoms. The van der Waals surface area contributed by atoms with Gasteiger partial charge < -0.3 is 4.79 Å². The van der Waals surface area contributed by atoms with Gasteiger partial charge in [-0.15, -0.1) is 0 Å². The van der Waals surface area contributed by atoms with E-state index in [4.69, 9.17) is 0 Å². The molecule has 0 saturated heterocycles. The molecule has 0 aliphatic rings. The number of hydrogen-bond donors (Lipinski definition) is 0. The molecule has 1 heteroatoms. The van der Waals surface area contributed by atoms with E-state index >= 15 is 0 Å². The van der Waals surface area contributed by atoms with Gasteiger partial charge in [-0.1, -0.05) is 20.8 Å². The topological polar surface area (TPSA) is 17.1 Å². The summed E-state index contributed by atoms with van der Waals surface area (Å²) in [6.45, 7) is 8.19. The lowest BCUT2D eigenvalue weighted by atomic mass is 9.95. The van der Waals surface area contributed by atoms with E-state index in [1.807, 2.05) is 0 Å². The van der Waals surface area contributed by atoms with Gasteiger partial charge in [-0.25, -0.2) is 0 Å². The Balaban J connectivity index is 3.43. The molecule has 0 saturated carbocycles. The fourth-order valence-corrected chi connectivity index (χ4v) is 1.38. The molecule has 0 aliphatic carbocycles. The van der Waals surface area contributed by atoms with Gasteiger partial charge in [0.2, 0.25) is 0 Å². The molecule has 0 heterocycles. The zero-order valence-corrected chi connectivity index (χ0v) is 7.48. The van der Waals surface area contributed by atoms with Crippen LogP contribution in [0.2, 0.25) is 0 Å². The third-order valence-corrected chi connectivity index (χ3v) is 1.51. The maximum Gasteiger partial charge on any atom is 0.130 e. The molecule has 0 amide bonds. The maximum absolute atomic E-state index is 10.6. The van der Waals surface area contributed by atoms with Crippen LogP contribution in [0.15, 0.2) is 0 Å². The van der Waals surface area contributed by atoms with Gasteiger partial charge in [0.1, 0.15) is 5.78 Å². The summed E-state index contributed by atoms with van der Waals surface area (Å²) >= 11 is 0. The smallest absolute Gasteiger partial charge is 0.130 e.